The fraction of sp³-hybridized carbons (Fsp3) is 0.500. The smallest absolute Gasteiger partial charge is 0.252 e. The number of hydrogen-bond donors (Lipinski definition) is 2. The van der Waals surface area contributed by atoms with Crippen molar-refractivity contribution in [2.75, 3.05) is 26.2 Å². The van der Waals surface area contributed by atoms with E-state index in [0.717, 1.165) is 19.1 Å². The van der Waals surface area contributed by atoms with E-state index in [2.05, 4.69) is 34.0 Å². The van der Waals surface area contributed by atoms with Crippen LogP contribution in [0.5, 0.6) is 0 Å². The molecule has 1 fully saturated rings. The van der Waals surface area contributed by atoms with Crippen LogP contribution in [-0.4, -0.2) is 48.0 Å². The number of aromatic nitrogens is 1. The minimum absolute atomic E-state index is 0.106. The van der Waals surface area contributed by atoms with Crippen LogP contribution in [0.1, 0.15) is 35.7 Å². The average Bonchev–Trinajstić information content (AvgIpc) is 3.34. The highest BCUT2D eigenvalue weighted by molar-refractivity contribution is 5.94. The van der Waals surface area contributed by atoms with Crippen LogP contribution in [0.15, 0.2) is 18.5 Å². The molecule has 1 heterocycles. The van der Waals surface area contributed by atoms with Gasteiger partial charge in [-0.25, -0.2) is 0 Å². The zero-order valence-electron chi connectivity index (χ0n) is 12.4. The van der Waals surface area contributed by atoms with Crippen molar-refractivity contribution in [3.63, 3.8) is 0 Å². The first-order valence-electron chi connectivity index (χ1n) is 7.40. The van der Waals surface area contributed by atoms with Crippen LogP contribution in [0.3, 0.4) is 0 Å². The van der Waals surface area contributed by atoms with Gasteiger partial charge in [-0.05, 0) is 25.5 Å². The van der Waals surface area contributed by atoms with Crippen molar-refractivity contribution >= 4 is 5.91 Å². The quantitative estimate of drug-likeness (QED) is 0.752. The zero-order valence-corrected chi connectivity index (χ0v) is 12.4. The topological polar surface area (TPSA) is 71.2 Å². The molecule has 3 N–H and O–H groups in total. The molecule has 112 valence electrons. The fourth-order valence-corrected chi connectivity index (χ4v) is 2.24. The van der Waals surface area contributed by atoms with Crippen molar-refractivity contribution in [3.05, 3.63) is 29.6 Å². The van der Waals surface area contributed by atoms with Gasteiger partial charge in [0.15, 0.2) is 0 Å². The fourth-order valence-electron chi connectivity index (χ4n) is 2.24. The molecule has 0 spiro atoms. The van der Waals surface area contributed by atoms with Gasteiger partial charge in [0.05, 0.1) is 12.1 Å². The summed E-state index contributed by atoms with van der Waals surface area (Å²) in [6.45, 7) is 5.04. The molecule has 21 heavy (non-hydrogen) atoms. The van der Waals surface area contributed by atoms with Gasteiger partial charge < -0.3 is 11.1 Å². The SMILES string of the molecule is CCN(CCNC(=O)c1cncc(C#CCN)c1)C1CC1. The number of carbonyl (C=O) groups is 1. The van der Waals surface area contributed by atoms with Crippen LogP contribution in [0.2, 0.25) is 0 Å². The van der Waals surface area contributed by atoms with Gasteiger partial charge in [-0.3, -0.25) is 14.7 Å². The Morgan fingerprint density at radius 3 is 3.00 bits per heavy atom. The van der Waals surface area contributed by atoms with E-state index in [-0.39, 0.29) is 5.91 Å². The highest BCUT2D eigenvalue weighted by atomic mass is 16.1. The Kier molecular flexibility index (Phi) is 5.73. The van der Waals surface area contributed by atoms with Crippen molar-refractivity contribution < 1.29 is 4.79 Å². The maximum Gasteiger partial charge on any atom is 0.252 e. The molecule has 1 aromatic rings. The lowest BCUT2D eigenvalue weighted by Gasteiger charge is -2.19. The number of nitrogens with two attached hydrogens (primary N) is 1. The first-order valence-corrected chi connectivity index (χ1v) is 7.40. The monoisotopic (exact) mass is 286 g/mol. The lowest BCUT2D eigenvalue weighted by molar-refractivity contribution is 0.0947. The van der Waals surface area contributed by atoms with E-state index in [1.165, 1.54) is 12.8 Å². The van der Waals surface area contributed by atoms with Gasteiger partial charge in [0.2, 0.25) is 0 Å². The average molecular weight is 286 g/mol. The molecule has 0 atom stereocenters. The highest BCUT2D eigenvalue weighted by Gasteiger charge is 2.27. The Hall–Kier alpha value is -1.90. The minimum atomic E-state index is -0.106. The number of nitrogens with zero attached hydrogens (tertiary/aromatic N) is 2. The summed E-state index contributed by atoms with van der Waals surface area (Å²) >= 11 is 0. The van der Waals surface area contributed by atoms with Crippen molar-refractivity contribution in [1.29, 1.82) is 0 Å². The lowest BCUT2D eigenvalue weighted by Crippen LogP contribution is -2.36. The molecule has 0 radical (unpaired) electrons. The summed E-state index contributed by atoms with van der Waals surface area (Å²) in [6.07, 6.45) is 5.76. The molecule has 5 heteroatoms. The van der Waals surface area contributed by atoms with E-state index in [1.807, 2.05) is 0 Å². The van der Waals surface area contributed by atoms with Crippen LogP contribution in [0.4, 0.5) is 0 Å². The van der Waals surface area contributed by atoms with Gasteiger partial charge in [-0.15, -0.1) is 0 Å². The van der Waals surface area contributed by atoms with E-state index in [0.29, 0.717) is 24.2 Å². The molecule has 0 aromatic carbocycles. The molecule has 1 aliphatic rings. The molecule has 0 saturated heterocycles. The third-order valence-corrected chi connectivity index (χ3v) is 3.49. The number of hydrogen-bond acceptors (Lipinski definition) is 4. The number of amides is 1. The molecule has 1 amide bonds. The molecule has 0 aliphatic heterocycles. The second kappa shape index (κ2) is 7.77. The van der Waals surface area contributed by atoms with E-state index >= 15 is 0 Å². The van der Waals surface area contributed by atoms with Crippen LogP contribution in [0, 0.1) is 11.8 Å². The third kappa shape index (κ3) is 4.85. The maximum atomic E-state index is 12.1. The van der Waals surface area contributed by atoms with Crippen LogP contribution in [-0.2, 0) is 0 Å². The van der Waals surface area contributed by atoms with Crippen molar-refractivity contribution in [2.45, 2.75) is 25.8 Å². The molecule has 1 saturated carbocycles. The summed E-state index contributed by atoms with van der Waals surface area (Å²) < 4.78 is 0. The number of rotatable bonds is 6. The molecular weight excluding hydrogens is 264 g/mol. The summed E-state index contributed by atoms with van der Waals surface area (Å²) in [4.78, 5) is 18.5. The second-order valence-electron chi connectivity index (χ2n) is 5.08. The number of pyridine rings is 1. The molecular formula is C16H22N4O. The van der Waals surface area contributed by atoms with Gasteiger partial charge in [0, 0.05) is 37.1 Å². The molecule has 2 rings (SSSR count). The van der Waals surface area contributed by atoms with Crippen molar-refractivity contribution in [2.24, 2.45) is 5.73 Å². The summed E-state index contributed by atoms with van der Waals surface area (Å²) in [6, 6.07) is 2.46. The number of carbonyl (C=O) groups excluding carboxylic acids is 1. The van der Waals surface area contributed by atoms with Gasteiger partial charge in [0.1, 0.15) is 0 Å². The zero-order chi connectivity index (χ0) is 15.1. The Morgan fingerprint density at radius 2 is 2.33 bits per heavy atom. The summed E-state index contributed by atoms with van der Waals surface area (Å²) in [5.41, 5.74) is 6.58. The Bertz CT molecular complexity index is 543. The Labute approximate surface area is 125 Å². The first-order chi connectivity index (χ1) is 10.2. The summed E-state index contributed by atoms with van der Waals surface area (Å²) in [5.74, 6) is 5.53. The predicted octanol–water partition coefficient (Wildman–Crippen LogP) is 0.606. The van der Waals surface area contributed by atoms with Crippen molar-refractivity contribution in [3.8, 4) is 11.8 Å². The third-order valence-electron chi connectivity index (χ3n) is 3.49. The maximum absolute atomic E-state index is 12.1. The van der Waals surface area contributed by atoms with E-state index in [1.54, 1.807) is 18.5 Å². The first kappa shape index (κ1) is 15.5. The number of nitrogens with one attached hydrogen (secondary N) is 1. The standard InChI is InChI=1S/C16H22N4O/c1-2-20(15-5-6-15)9-8-19-16(21)14-10-13(4-3-7-17)11-18-12-14/h10-12,15H,2,5-9,17H2,1H3,(H,19,21). The van der Waals surface area contributed by atoms with Gasteiger partial charge in [-0.1, -0.05) is 18.8 Å². The summed E-state index contributed by atoms with van der Waals surface area (Å²) in [5, 5.41) is 2.94. The molecule has 5 nitrogen and oxygen atoms in total. The second-order valence-corrected chi connectivity index (χ2v) is 5.08. The Morgan fingerprint density at radius 1 is 1.52 bits per heavy atom. The summed E-state index contributed by atoms with van der Waals surface area (Å²) in [7, 11) is 0. The minimum Gasteiger partial charge on any atom is -0.351 e. The van der Waals surface area contributed by atoms with Crippen molar-refractivity contribution in [1.82, 2.24) is 15.2 Å². The molecule has 0 bridgehead atoms. The number of likely N-dealkylation sites (N-methyl/N-ethyl adjacent to an activating group) is 1. The van der Waals surface area contributed by atoms with Crippen LogP contribution >= 0.6 is 0 Å². The van der Waals surface area contributed by atoms with Gasteiger partial charge in [0.25, 0.3) is 5.91 Å². The lowest BCUT2D eigenvalue weighted by atomic mass is 10.2. The van der Waals surface area contributed by atoms with E-state index in [9.17, 15) is 4.79 Å². The van der Waals surface area contributed by atoms with E-state index in [4.69, 9.17) is 5.73 Å². The highest BCUT2D eigenvalue weighted by Crippen LogP contribution is 2.25. The Balaban J connectivity index is 1.85. The molecule has 1 aromatic heterocycles. The van der Waals surface area contributed by atoms with Gasteiger partial charge in [-0.2, -0.15) is 0 Å². The van der Waals surface area contributed by atoms with Crippen LogP contribution in [0.25, 0.3) is 0 Å². The predicted molar refractivity (Wildman–Crippen MR) is 82.8 cm³/mol. The normalized spacial score (nSPS) is 13.7. The van der Waals surface area contributed by atoms with Crippen LogP contribution < -0.4 is 11.1 Å². The van der Waals surface area contributed by atoms with Gasteiger partial charge >= 0.3 is 0 Å². The van der Waals surface area contributed by atoms with E-state index < -0.39 is 0 Å². The molecule has 0 unspecified atom stereocenters. The largest absolute Gasteiger partial charge is 0.351 e. The molecule has 1 aliphatic carbocycles.